The quantitative estimate of drug-likeness (QED) is 0.676. The van der Waals surface area contributed by atoms with Crippen molar-refractivity contribution in [1.82, 2.24) is 9.38 Å². The topological polar surface area (TPSA) is 66.6 Å². The fourth-order valence-corrected chi connectivity index (χ4v) is 2.25. The van der Waals surface area contributed by atoms with Gasteiger partial charge >= 0.3 is 0 Å². The first kappa shape index (κ1) is 19.4. The van der Waals surface area contributed by atoms with Gasteiger partial charge in [0.05, 0.1) is 13.4 Å². The fourth-order valence-electron chi connectivity index (χ4n) is 2.25. The molecule has 0 atom stereocenters. The predicted molar refractivity (Wildman–Crippen MR) is 97.6 cm³/mol. The van der Waals surface area contributed by atoms with Gasteiger partial charge in [0.1, 0.15) is 5.65 Å². The molecule has 2 aromatic heterocycles. The highest BCUT2D eigenvalue weighted by Gasteiger charge is 2.09. The van der Waals surface area contributed by atoms with Gasteiger partial charge in [-0.05, 0) is 47.9 Å². The monoisotopic (exact) mass is 361 g/mol. The number of alkyl halides is 1. The molecule has 0 bridgehead atoms. The zero-order valence-corrected chi connectivity index (χ0v) is 14.7. The first-order chi connectivity index (χ1) is 12.6. The molecular weight excluding hydrogens is 340 g/mol. The number of aromatic nitrogens is 2. The second-order valence-electron chi connectivity index (χ2n) is 5.75. The summed E-state index contributed by atoms with van der Waals surface area (Å²) in [5.74, 6) is -0.581. The van der Waals surface area contributed by atoms with E-state index >= 15 is 0 Å². The van der Waals surface area contributed by atoms with Crippen molar-refractivity contribution in [3.63, 3.8) is 0 Å². The van der Waals surface area contributed by atoms with Crippen LogP contribution in [0, 0.1) is 12.7 Å². The Kier molecular flexibility index (Phi) is 6.66. The van der Waals surface area contributed by atoms with Crippen LogP contribution in [0.15, 0.2) is 36.7 Å². The van der Waals surface area contributed by atoms with Crippen LogP contribution in [0.4, 0.5) is 14.6 Å². The van der Waals surface area contributed by atoms with E-state index in [1.807, 2.05) is 6.07 Å². The summed E-state index contributed by atoms with van der Waals surface area (Å²) in [7, 11) is 0.500. The van der Waals surface area contributed by atoms with Crippen LogP contribution in [-0.2, 0) is 4.79 Å². The Morgan fingerprint density at radius 2 is 1.88 bits per heavy atom. The number of anilines is 1. The number of fused-ring (bicyclic) bond motifs is 1. The molecule has 2 N–H and O–H groups in total. The van der Waals surface area contributed by atoms with Crippen molar-refractivity contribution in [1.29, 1.82) is 0 Å². The normalized spacial score (nSPS) is 11.7. The zero-order valence-electron chi connectivity index (χ0n) is 14.7. The number of rotatable bonds is 3. The maximum Gasteiger partial charge on any atom is 0.212 e. The number of halogens is 2. The molecule has 1 aliphatic carbocycles. The molecule has 1 amide bonds. The molecule has 5 nitrogen and oxygen atoms in total. The Morgan fingerprint density at radius 3 is 2.50 bits per heavy atom. The van der Waals surface area contributed by atoms with Gasteiger partial charge in [-0.3, -0.25) is 9.18 Å². The second-order valence-corrected chi connectivity index (χ2v) is 5.75. The van der Waals surface area contributed by atoms with E-state index in [4.69, 9.17) is 0 Å². The number of phenols is 1. The molecule has 1 fully saturated rings. The summed E-state index contributed by atoms with van der Waals surface area (Å²) in [4.78, 5) is 14.6. The molecule has 7 heteroatoms. The van der Waals surface area contributed by atoms with Gasteiger partial charge in [0.25, 0.3) is 0 Å². The highest BCUT2D eigenvalue weighted by atomic mass is 19.1. The summed E-state index contributed by atoms with van der Waals surface area (Å²) >= 11 is 0. The van der Waals surface area contributed by atoms with Crippen LogP contribution >= 0.6 is 0 Å². The molecule has 3 aromatic rings. The predicted octanol–water partition coefficient (Wildman–Crippen LogP) is 4.48. The number of amides is 1. The molecule has 1 saturated carbocycles. The Morgan fingerprint density at radius 1 is 1.19 bits per heavy atom. The maximum absolute atomic E-state index is 13.3. The average Bonchev–Trinajstić information content (AvgIpc) is 3.46. The van der Waals surface area contributed by atoms with Gasteiger partial charge in [0.15, 0.2) is 17.4 Å². The Labute approximate surface area is 150 Å². The lowest BCUT2D eigenvalue weighted by Gasteiger charge is -2.08. The third-order valence-corrected chi connectivity index (χ3v) is 3.62. The maximum atomic E-state index is 13.3. The van der Waals surface area contributed by atoms with E-state index < -0.39 is 5.82 Å². The van der Waals surface area contributed by atoms with Crippen molar-refractivity contribution >= 4 is 17.9 Å². The highest BCUT2D eigenvalue weighted by molar-refractivity contribution is 5.72. The van der Waals surface area contributed by atoms with E-state index in [9.17, 15) is 18.7 Å². The van der Waals surface area contributed by atoms with E-state index in [-0.39, 0.29) is 5.75 Å². The number of hydrogen-bond donors (Lipinski definition) is 2. The third kappa shape index (κ3) is 4.78. The number of carbonyl (C=O) groups is 1. The number of aromatic hydroxyl groups is 1. The van der Waals surface area contributed by atoms with Crippen LogP contribution in [0.1, 0.15) is 24.8 Å². The molecule has 1 aliphatic rings. The molecule has 0 aliphatic heterocycles. The minimum Gasteiger partial charge on any atom is -0.505 e. The Hall–Kier alpha value is -2.96. The van der Waals surface area contributed by atoms with Crippen LogP contribution < -0.4 is 5.32 Å². The summed E-state index contributed by atoms with van der Waals surface area (Å²) < 4.78 is 24.6. The van der Waals surface area contributed by atoms with Gasteiger partial charge in [0, 0.05) is 6.20 Å². The minimum absolute atomic E-state index is 0.385. The Balaban J connectivity index is 0.000000429. The van der Waals surface area contributed by atoms with E-state index in [0.29, 0.717) is 25.1 Å². The van der Waals surface area contributed by atoms with Crippen LogP contribution in [0.5, 0.6) is 5.75 Å². The van der Waals surface area contributed by atoms with Gasteiger partial charge in [-0.2, -0.15) is 0 Å². The average molecular weight is 361 g/mol. The van der Waals surface area contributed by atoms with Gasteiger partial charge in [-0.1, -0.05) is 19.3 Å². The van der Waals surface area contributed by atoms with Crippen LogP contribution in [-0.4, -0.2) is 28.1 Å². The van der Waals surface area contributed by atoms with Crippen molar-refractivity contribution in [3.8, 4) is 16.9 Å². The summed E-state index contributed by atoms with van der Waals surface area (Å²) in [6.07, 6.45) is 8.54. The number of phenolic OH excluding ortho intramolecular Hbond substituents is 1. The number of pyridine rings is 1. The van der Waals surface area contributed by atoms with Crippen molar-refractivity contribution in [2.24, 2.45) is 0 Å². The SMILES string of the molecule is C1CC1.CF.Cc1cc(F)c(O)cc1-c1ccc2nc(NC=O)cn2c1. The van der Waals surface area contributed by atoms with E-state index in [1.54, 1.807) is 29.8 Å². The molecule has 138 valence electrons. The van der Waals surface area contributed by atoms with Crippen molar-refractivity contribution < 1.29 is 18.7 Å². The van der Waals surface area contributed by atoms with Crippen molar-refractivity contribution in [3.05, 3.63) is 48.0 Å². The second kappa shape index (κ2) is 8.94. The first-order valence-corrected chi connectivity index (χ1v) is 8.14. The molecule has 2 heterocycles. The van der Waals surface area contributed by atoms with Crippen LogP contribution in [0.3, 0.4) is 0 Å². The number of benzene rings is 1. The van der Waals surface area contributed by atoms with Crippen molar-refractivity contribution in [2.45, 2.75) is 26.2 Å². The largest absolute Gasteiger partial charge is 0.505 e. The summed E-state index contributed by atoms with van der Waals surface area (Å²) in [5, 5.41) is 12.0. The zero-order chi connectivity index (χ0) is 19.1. The summed E-state index contributed by atoms with van der Waals surface area (Å²) in [6, 6.07) is 6.30. The molecule has 0 unspecified atom stereocenters. The number of imidazole rings is 1. The summed E-state index contributed by atoms with van der Waals surface area (Å²) in [5.41, 5.74) is 2.93. The van der Waals surface area contributed by atoms with Gasteiger partial charge < -0.3 is 14.8 Å². The number of nitrogens with zero attached hydrogens (tertiary/aromatic N) is 2. The van der Waals surface area contributed by atoms with E-state index in [1.165, 1.54) is 31.4 Å². The van der Waals surface area contributed by atoms with Gasteiger partial charge in [-0.25, -0.2) is 9.37 Å². The van der Waals surface area contributed by atoms with Crippen molar-refractivity contribution in [2.75, 3.05) is 12.5 Å². The standard InChI is InChI=1S/C15H12FN3O2.C3H6.CH3F/c1-9-4-12(16)13(21)5-11(9)10-2-3-15-18-14(17-8-20)7-19(15)6-10;1-2-3-1;1-2/h2-8,21H,1H3,(H,17,20);1-3H2;1H3. The molecule has 0 saturated heterocycles. The molecule has 0 spiro atoms. The molecule has 0 radical (unpaired) electrons. The molecular formula is C19H21F2N3O2. The first-order valence-electron chi connectivity index (χ1n) is 8.14. The summed E-state index contributed by atoms with van der Waals surface area (Å²) in [6.45, 7) is 1.77. The molecule has 1 aromatic carbocycles. The number of aryl methyl sites for hydroxylation is 1. The fraction of sp³-hybridized carbons (Fsp3) is 0.263. The van der Waals surface area contributed by atoms with E-state index in [0.717, 1.165) is 16.7 Å². The Bertz CT molecular complexity index is 889. The van der Waals surface area contributed by atoms with Gasteiger partial charge in [-0.15, -0.1) is 0 Å². The lowest BCUT2D eigenvalue weighted by atomic mass is 10.0. The molecule has 26 heavy (non-hydrogen) atoms. The number of hydrogen-bond acceptors (Lipinski definition) is 3. The lowest BCUT2D eigenvalue weighted by Crippen LogP contribution is -1.92. The number of carbonyl (C=O) groups excluding carboxylic acids is 1. The third-order valence-electron chi connectivity index (χ3n) is 3.62. The highest BCUT2D eigenvalue weighted by Crippen LogP contribution is 2.29. The number of nitrogens with one attached hydrogen (secondary N) is 1. The van der Waals surface area contributed by atoms with Gasteiger partial charge in [0.2, 0.25) is 6.41 Å². The van der Waals surface area contributed by atoms with Crippen LogP contribution in [0.2, 0.25) is 0 Å². The lowest BCUT2D eigenvalue weighted by molar-refractivity contribution is -0.105. The smallest absolute Gasteiger partial charge is 0.212 e. The molecule has 4 rings (SSSR count). The minimum atomic E-state index is -0.641. The van der Waals surface area contributed by atoms with Crippen LogP contribution in [0.25, 0.3) is 16.8 Å². The van der Waals surface area contributed by atoms with E-state index in [2.05, 4.69) is 10.3 Å².